The molecule has 0 aliphatic heterocycles. The summed E-state index contributed by atoms with van der Waals surface area (Å²) in [7, 11) is -4.55. The van der Waals surface area contributed by atoms with Gasteiger partial charge in [-0.1, -0.05) is 30.3 Å². The summed E-state index contributed by atoms with van der Waals surface area (Å²) in [6.07, 6.45) is -4.95. The number of nitrogens with zero attached hydrogens (tertiary/aromatic N) is 1. The van der Waals surface area contributed by atoms with Crippen LogP contribution in [0.25, 0.3) is 0 Å². The Morgan fingerprint density at radius 2 is 1.82 bits per heavy atom. The molecule has 0 spiro atoms. The van der Waals surface area contributed by atoms with Gasteiger partial charge in [0, 0.05) is 12.6 Å². The van der Waals surface area contributed by atoms with Gasteiger partial charge in [-0.05, 0) is 25.3 Å². The van der Waals surface area contributed by atoms with E-state index in [-0.39, 0.29) is 6.54 Å². The van der Waals surface area contributed by atoms with Gasteiger partial charge in [0.15, 0.2) is 5.25 Å². The van der Waals surface area contributed by atoms with E-state index in [1.807, 2.05) is 0 Å². The molecule has 1 aliphatic carbocycles. The Bertz CT molecular complexity index is 600. The van der Waals surface area contributed by atoms with Crippen molar-refractivity contribution in [2.24, 2.45) is 0 Å². The summed E-state index contributed by atoms with van der Waals surface area (Å²) < 4.78 is 63.6. The van der Waals surface area contributed by atoms with Crippen LogP contribution in [0.15, 0.2) is 30.3 Å². The topological polar surface area (TPSA) is 57.6 Å². The van der Waals surface area contributed by atoms with E-state index in [2.05, 4.69) is 0 Å². The highest BCUT2D eigenvalue weighted by Gasteiger charge is 2.51. The quantitative estimate of drug-likeness (QED) is 0.867. The van der Waals surface area contributed by atoms with Gasteiger partial charge in [0.1, 0.15) is 0 Å². The van der Waals surface area contributed by atoms with Crippen molar-refractivity contribution in [2.75, 3.05) is 6.54 Å². The van der Waals surface area contributed by atoms with Crippen molar-refractivity contribution < 1.29 is 26.7 Å². The van der Waals surface area contributed by atoms with Crippen molar-refractivity contribution in [3.63, 3.8) is 0 Å². The second kappa shape index (κ2) is 6.17. The van der Waals surface area contributed by atoms with E-state index in [9.17, 15) is 26.7 Å². The maximum atomic E-state index is 12.8. The Balaban J connectivity index is 2.20. The monoisotopic (exact) mass is 337 g/mol. The highest BCUT2D eigenvalue weighted by molar-refractivity contribution is 7.89. The number of hydrogen-bond acceptors (Lipinski definition) is 3. The van der Waals surface area contributed by atoms with Crippen LogP contribution in [0, 0.1) is 0 Å². The fourth-order valence-corrected chi connectivity index (χ4v) is 3.87. The first-order valence-electron chi connectivity index (χ1n) is 6.94. The van der Waals surface area contributed by atoms with E-state index >= 15 is 0 Å². The van der Waals surface area contributed by atoms with Crippen LogP contribution in [0.2, 0.25) is 0 Å². The molecule has 2 atom stereocenters. The van der Waals surface area contributed by atoms with Crippen molar-refractivity contribution in [1.29, 1.82) is 0 Å². The van der Waals surface area contributed by atoms with Crippen LogP contribution in [-0.4, -0.2) is 41.8 Å². The smallest absolute Gasteiger partial charge is 0.387 e. The average molecular weight is 337 g/mol. The standard InChI is InChI=1S/C14H18F3NO3S/c1-10(14(15,16)17)22(20,21)18(12-7-8-12)9-13(19)11-5-3-2-4-6-11/h2-6,10,12-13,19H,7-9H2,1H3/t10-,13+/m1/s1. The Morgan fingerprint density at radius 3 is 2.27 bits per heavy atom. The lowest BCUT2D eigenvalue weighted by Gasteiger charge is -2.28. The zero-order valence-corrected chi connectivity index (χ0v) is 12.8. The Kier molecular flexibility index (Phi) is 4.84. The molecule has 1 aliphatic rings. The third-order valence-electron chi connectivity index (χ3n) is 3.73. The molecule has 1 saturated carbocycles. The van der Waals surface area contributed by atoms with Gasteiger partial charge in [-0.2, -0.15) is 17.5 Å². The molecule has 4 nitrogen and oxygen atoms in total. The molecule has 2 rings (SSSR count). The number of alkyl halides is 3. The molecular weight excluding hydrogens is 319 g/mol. The zero-order valence-electron chi connectivity index (χ0n) is 12.0. The van der Waals surface area contributed by atoms with Gasteiger partial charge >= 0.3 is 6.18 Å². The van der Waals surface area contributed by atoms with Crippen LogP contribution < -0.4 is 0 Å². The molecule has 0 aromatic heterocycles. The molecule has 0 amide bonds. The third kappa shape index (κ3) is 3.80. The highest BCUT2D eigenvalue weighted by Crippen LogP contribution is 2.36. The van der Waals surface area contributed by atoms with Gasteiger partial charge in [0.05, 0.1) is 6.10 Å². The highest BCUT2D eigenvalue weighted by atomic mass is 32.2. The van der Waals surface area contributed by atoms with Gasteiger partial charge in [-0.25, -0.2) is 8.42 Å². The van der Waals surface area contributed by atoms with E-state index in [1.165, 1.54) is 0 Å². The first-order chi connectivity index (χ1) is 10.1. The first-order valence-corrected chi connectivity index (χ1v) is 8.44. The summed E-state index contributed by atoms with van der Waals surface area (Å²) in [5.74, 6) is 0. The van der Waals surface area contributed by atoms with Gasteiger partial charge in [0.25, 0.3) is 0 Å². The van der Waals surface area contributed by atoms with Gasteiger partial charge in [0.2, 0.25) is 10.0 Å². The predicted molar refractivity (Wildman–Crippen MR) is 75.6 cm³/mol. The van der Waals surface area contributed by atoms with E-state index in [4.69, 9.17) is 0 Å². The Hall–Kier alpha value is -1.12. The molecule has 1 aromatic carbocycles. The molecule has 0 heterocycles. The van der Waals surface area contributed by atoms with E-state index in [0.29, 0.717) is 25.3 Å². The van der Waals surface area contributed by atoms with E-state index in [1.54, 1.807) is 30.3 Å². The molecule has 124 valence electrons. The normalized spacial score (nSPS) is 19.2. The summed E-state index contributed by atoms with van der Waals surface area (Å²) in [6.45, 7) is 0.275. The maximum Gasteiger partial charge on any atom is 0.406 e. The largest absolute Gasteiger partial charge is 0.406 e. The fourth-order valence-electron chi connectivity index (χ4n) is 2.15. The second-order valence-electron chi connectivity index (χ2n) is 5.46. The molecule has 22 heavy (non-hydrogen) atoms. The fraction of sp³-hybridized carbons (Fsp3) is 0.571. The summed E-state index contributed by atoms with van der Waals surface area (Å²) in [6, 6.07) is 7.84. The van der Waals surface area contributed by atoms with Crippen molar-refractivity contribution in [1.82, 2.24) is 4.31 Å². The van der Waals surface area contributed by atoms with E-state index < -0.39 is 33.6 Å². The SMILES string of the molecule is C[C@H](C(F)(F)F)S(=O)(=O)N(C[C@H](O)c1ccccc1)C1CC1. The molecule has 1 aromatic rings. The summed E-state index contributed by atoms with van der Waals surface area (Å²) >= 11 is 0. The molecule has 1 N–H and O–H groups in total. The Labute approximate surface area is 127 Å². The van der Waals surface area contributed by atoms with Gasteiger partial charge in [-0.3, -0.25) is 0 Å². The van der Waals surface area contributed by atoms with Crippen LogP contribution in [0.5, 0.6) is 0 Å². The number of aliphatic hydroxyl groups is 1. The lowest BCUT2D eigenvalue weighted by Crippen LogP contribution is -2.46. The molecule has 0 bridgehead atoms. The minimum atomic E-state index is -4.83. The lowest BCUT2D eigenvalue weighted by molar-refractivity contribution is -0.127. The van der Waals surface area contributed by atoms with Gasteiger partial charge in [-0.15, -0.1) is 0 Å². The lowest BCUT2D eigenvalue weighted by atomic mass is 10.1. The molecule has 0 unspecified atom stereocenters. The molecule has 8 heteroatoms. The maximum absolute atomic E-state index is 12.8. The third-order valence-corrected chi connectivity index (χ3v) is 5.99. The number of rotatable bonds is 6. The Morgan fingerprint density at radius 1 is 1.27 bits per heavy atom. The number of sulfonamides is 1. The number of halogens is 3. The van der Waals surface area contributed by atoms with E-state index in [0.717, 1.165) is 4.31 Å². The molecule has 0 saturated heterocycles. The number of hydrogen-bond donors (Lipinski definition) is 1. The minimum absolute atomic E-state index is 0.364. The molecular formula is C14H18F3NO3S. The summed E-state index contributed by atoms with van der Waals surface area (Å²) in [4.78, 5) is 0. The minimum Gasteiger partial charge on any atom is -0.387 e. The van der Waals surface area contributed by atoms with Crippen LogP contribution in [0.1, 0.15) is 31.4 Å². The van der Waals surface area contributed by atoms with Crippen molar-refractivity contribution >= 4 is 10.0 Å². The first kappa shape index (κ1) is 17.2. The van der Waals surface area contributed by atoms with Crippen LogP contribution in [0.3, 0.4) is 0 Å². The zero-order chi connectivity index (χ0) is 16.5. The number of benzene rings is 1. The van der Waals surface area contributed by atoms with Crippen molar-refractivity contribution in [2.45, 2.75) is 43.3 Å². The number of aliphatic hydroxyl groups excluding tert-OH is 1. The van der Waals surface area contributed by atoms with Crippen molar-refractivity contribution in [3.8, 4) is 0 Å². The molecule has 0 radical (unpaired) electrons. The van der Waals surface area contributed by atoms with Crippen LogP contribution in [0.4, 0.5) is 13.2 Å². The molecule has 1 fully saturated rings. The average Bonchev–Trinajstić information content (AvgIpc) is 3.27. The van der Waals surface area contributed by atoms with Crippen molar-refractivity contribution in [3.05, 3.63) is 35.9 Å². The van der Waals surface area contributed by atoms with Gasteiger partial charge < -0.3 is 5.11 Å². The second-order valence-corrected chi connectivity index (χ2v) is 7.66. The summed E-state index contributed by atoms with van der Waals surface area (Å²) in [5.41, 5.74) is 0.475. The van der Waals surface area contributed by atoms with Crippen LogP contribution >= 0.6 is 0 Å². The predicted octanol–water partition coefficient (Wildman–Crippen LogP) is 2.47. The van der Waals surface area contributed by atoms with Crippen LogP contribution in [-0.2, 0) is 10.0 Å². The summed E-state index contributed by atoms with van der Waals surface area (Å²) in [5, 5.41) is 7.65.